The van der Waals surface area contributed by atoms with Crippen molar-refractivity contribution in [2.24, 2.45) is 0 Å². The maximum Gasteiger partial charge on any atom is 0.295 e. The summed E-state index contributed by atoms with van der Waals surface area (Å²) in [6.07, 6.45) is 13.0. The molecule has 4 nitrogen and oxygen atoms in total. The number of allylic oxidation sites excluding steroid dienone is 1. The first-order valence-electron chi connectivity index (χ1n) is 9.89. The molecule has 1 aliphatic heterocycles. The molecule has 0 saturated carbocycles. The zero-order valence-corrected chi connectivity index (χ0v) is 15.0. The van der Waals surface area contributed by atoms with Crippen LogP contribution < -0.4 is 5.32 Å². The van der Waals surface area contributed by atoms with Gasteiger partial charge in [-0.1, -0.05) is 36.6 Å². The summed E-state index contributed by atoms with van der Waals surface area (Å²) < 4.78 is 5.80. The number of aromatic nitrogens is 1. The average molecular weight is 339 g/mol. The SMILES string of the molecule is C1=C(/CN2CCC(Nc3nc4ccccc4o3)CC2)CCCCCC/1. The Bertz CT molecular complexity index is 680. The van der Waals surface area contributed by atoms with Crippen LogP contribution in [-0.2, 0) is 0 Å². The van der Waals surface area contributed by atoms with Crippen LogP contribution in [0.15, 0.2) is 40.3 Å². The van der Waals surface area contributed by atoms with Crippen LogP contribution >= 0.6 is 0 Å². The fourth-order valence-electron chi connectivity index (χ4n) is 4.03. The van der Waals surface area contributed by atoms with Gasteiger partial charge in [-0.25, -0.2) is 0 Å². The van der Waals surface area contributed by atoms with Crippen LogP contribution in [0.5, 0.6) is 0 Å². The third-order valence-electron chi connectivity index (χ3n) is 5.52. The Morgan fingerprint density at radius 3 is 2.80 bits per heavy atom. The van der Waals surface area contributed by atoms with Gasteiger partial charge in [0.2, 0.25) is 0 Å². The Labute approximate surface area is 150 Å². The number of nitrogens with zero attached hydrogens (tertiary/aromatic N) is 2. The summed E-state index contributed by atoms with van der Waals surface area (Å²) >= 11 is 0. The van der Waals surface area contributed by atoms with Crippen molar-refractivity contribution < 1.29 is 4.42 Å². The molecule has 1 fully saturated rings. The molecule has 4 heteroatoms. The summed E-state index contributed by atoms with van der Waals surface area (Å²) in [5, 5.41) is 3.49. The lowest BCUT2D eigenvalue weighted by atomic mass is 9.98. The van der Waals surface area contributed by atoms with E-state index in [4.69, 9.17) is 4.42 Å². The van der Waals surface area contributed by atoms with E-state index in [1.165, 1.54) is 45.1 Å². The number of fused-ring (bicyclic) bond motifs is 1. The first kappa shape index (κ1) is 16.6. The van der Waals surface area contributed by atoms with Crippen LogP contribution in [0.4, 0.5) is 6.01 Å². The summed E-state index contributed by atoms with van der Waals surface area (Å²) in [5.41, 5.74) is 3.46. The molecule has 134 valence electrons. The lowest BCUT2D eigenvalue weighted by molar-refractivity contribution is 0.232. The minimum atomic E-state index is 0.468. The summed E-state index contributed by atoms with van der Waals surface area (Å²) in [4.78, 5) is 7.16. The minimum absolute atomic E-state index is 0.468. The van der Waals surface area contributed by atoms with E-state index >= 15 is 0 Å². The molecule has 0 atom stereocenters. The van der Waals surface area contributed by atoms with E-state index < -0.39 is 0 Å². The highest BCUT2D eigenvalue weighted by molar-refractivity contribution is 5.74. The quantitative estimate of drug-likeness (QED) is 0.797. The third kappa shape index (κ3) is 4.43. The number of hydrogen-bond donors (Lipinski definition) is 1. The van der Waals surface area contributed by atoms with Crippen LogP contribution in [-0.4, -0.2) is 35.6 Å². The lowest BCUT2D eigenvalue weighted by Gasteiger charge is -2.32. The number of benzene rings is 1. The summed E-state index contributed by atoms with van der Waals surface area (Å²) in [6.45, 7) is 3.50. The second kappa shape index (κ2) is 8.05. The van der Waals surface area contributed by atoms with Crippen LogP contribution in [0.3, 0.4) is 0 Å². The van der Waals surface area contributed by atoms with Gasteiger partial charge in [-0.15, -0.1) is 0 Å². The second-order valence-corrected chi connectivity index (χ2v) is 7.50. The molecule has 2 heterocycles. The molecule has 1 aromatic heterocycles. The highest BCUT2D eigenvalue weighted by Gasteiger charge is 2.21. The molecular formula is C21H29N3O. The van der Waals surface area contributed by atoms with Gasteiger partial charge < -0.3 is 9.73 Å². The van der Waals surface area contributed by atoms with E-state index in [-0.39, 0.29) is 0 Å². The molecule has 4 rings (SSSR count). The maximum absolute atomic E-state index is 5.80. The highest BCUT2D eigenvalue weighted by Crippen LogP contribution is 2.23. The Morgan fingerprint density at radius 1 is 1.08 bits per heavy atom. The topological polar surface area (TPSA) is 41.3 Å². The second-order valence-electron chi connectivity index (χ2n) is 7.50. The number of para-hydroxylation sites is 2. The Balaban J connectivity index is 1.27. The van der Waals surface area contributed by atoms with Gasteiger partial charge in [0, 0.05) is 25.7 Å². The Morgan fingerprint density at radius 2 is 1.92 bits per heavy atom. The lowest BCUT2D eigenvalue weighted by Crippen LogP contribution is -2.40. The number of hydrogen-bond acceptors (Lipinski definition) is 4. The molecule has 0 unspecified atom stereocenters. The van der Waals surface area contributed by atoms with Gasteiger partial charge in [0.05, 0.1) is 0 Å². The molecule has 0 spiro atoms. The van der Waals surface area contributed by atoms with Crippen LogP contribution in [0.25, 0.3) is 11.1 Å². The van der Waals surface area contributed by atoms with Crippen molar-refractivity contribution in [3.05, 3.63) is 35.9 Å². The van der Waals surface area contributed by atoms with Gasteiger partial charge in [0.15, 0.2) is 5.58 Å². The predicted molar refractivity (Wildman–Crippen MR) is 103 cm³/mol. The molecule has 0 radical (unpaired) electrons. The van der Waals surface area contributed by atoms with Gasteiger partial charge in [-0.2, -0.15) is 4.98 Å². The van der Waals surface area contributed by atoms with E-state index in [0.717, 1.165) is 37.0 Å². The van der Waals surface area contributed by atoms with Gasteiger partial charge in [0.25, 0.3) is 6.01 Å². The van der Waals surface area contributed by atoms with Gasteiger partial charge >= 0.3 is 0 Å². The van der Waals surface area contributed by atoms with Crippen LogP contribution in [0.1, 0.15) is 51.4 Å². The van der Waals surface area contributed by atoms with E-state index in [2.05, 4.69) is 21.3 Å². The zero-order valence-electron chi connectivity index (χ0n) is 15.0. The molecule has 2 aromatic rings. The van der Waals surface area contributed by atoms with Crippen LogP contribution in [0, 0.1) is 0 Å². The summed E-state index contributed by atoms with van der Waals surface area (Å²) in [5.74, 6) is 0. The van der Waals surface area contributed by atoms with Gasteiger partial charge in [-0.3, -0.25) is 4.90 Å². The number of rotatable bonds is 4. The van der Waals surface area contributed by atoms with Crippen molar-refractivity contribution in [1.82, 2.24) is 9.88 Å². The molecule has 1 N–H and O–H groups in total. The zero-order chi connectivity index (χ0) is 16.9. The summed E-state index contributed by atoms with van der Waals surface area (Å²) in [6, 6.07) is 9.09. The third-order valence-corrected chi connectivity index (χ3v) is 5.52. The molecule has 0 amide bonds. The normalized spacial score (nSPS) is 23.0. The molecule has 2 aliphatic rings. The van der Waals surface area contributed by atoms with Crippen molar-refractivity contribution in [2.45, 2.75) is 57.4 Å². The highest BCUT2D eigenvalue weighted by atomic mass is 16.4. The molecule has 0 bridgehead atoms. The number of anilines is 1. The van der Waals surface area contributed by atoms with E-state index in [0.29, 0.717) is 12.1 Å². The van der Waals surface area contributed by atoms with Gasteiger partial charge in [-0.05, 0) is 50.7 Å². The Hall–Kier alpha value is -1.81. The van der Waals surface area contributed by atoms with E-state index in [1.807, 2.05) is 24.3 Å². The number of likely N-dealkylation sites (tertiary alicyclic amines) is 1. The van der Waals surface area contributed by atoms with Gasteiger partial charge in [0.1, 0.15) is 5.52 Å². The van der Waals surface area contributed by atoms with Crippen molar-refractivity contribution >= 4 is 17.1 Å². The van der Waals surface area contributed by atoms with Crippen molar-refractivity contribution in [3.63, 3.8) is 0 Å². The summed E-state index contributed by atoms with van der Waals surface area (Å²) in [7, 11) is 0. The number of piperidine rings is 1. The Kier molecular flexibility index (Phi) is 5.36. The van der Waals surface area contributed by atoms with Crippen molar-refractivity contribution in [1.29, 1.82) is 0 Å². The first-order chi connectivity index (χ1) is 12.4. The number of oxazole rings is 1. The molecule has 25 heavy (non-hydrogen) atoms. The molecule has 1 aromatic carbocycles. The van der Waals surface area contributed by atoms with Crippen molar-refractivity contribution in [2.75, 3.05) is 25.0 Å². The van der Waals surface area contributed by atoms with E-state index in [9.17, 15) is 0 Å². The molecule has 1 aliphatic carbocycles. The smallest absolute Gasteiger partial charge is 0.295 e. The molecular weight excluding hydrogens is 310 g/mol. The number of nitrogens with one attached hydrogen (secondary N) is 1. The minimum Gasteiger partial charge on any atom is -0.424 e. The predicted octanol–water partition coefficient (Wildman–Crippen LogP) is 4.98. The average Bonchev–Trinajstić information content (AvgIpc) is 3.01. The van der Waals surface area contributed by atoms with Crippen molar-refractivity contribution in [3.8, 4) is 0 Å². The monoisotopic (exact) mass is 339 g/mol. The maximum atomic E-state index is 5.80. The van der Waals surface area contributed by atoms with Crippen LogP contribution in [0.2, 0.25) is 0 Å². The largest absolute Gasteiger partial charge is 0.424 e. The standard InChI is InChI=1S/C21H29N3O/c1-2-4-8-17(9-5-3-1)16-24-14-12-18(13-15-24)22-21-23-19-10-6-7-11-20(19)25-21/h6-8,10-11,18H,1-5,9,12-16H2,(H,22,23)/b17-8+. The van der Waals surface area contributed by atoms with E-state index in [1.54, 1.807) is 5.57 Å². The first-order valence-corrected chi connectivity index (χ1v) is 9.89. The molecule has 1 saturated heterocycles. The fourth-order valence-corrected chi connectivity index (χ4v) is 4.03. The fraction of sp³-hybridized carbons (Fsp3) is 0.571.